The van der Waals surface area contributed by atoms with Crippen molar-refractivity contribution >= 4 is 17.9 Å². The van der Waals surface area contributed by atoms with Crippen molar-refractivity contribution in [3.05, 3.63) is 85.1 Å². The second-order valence-corrected chi connectivity index (χ2v) is 23.4. The lowest BCUT2D eigenvalue weighted by Crippen LogP contribution is -2.30. The van der Waals surface area contributed by atoms with Gasteiger partial charge >= 0.3 is 17.9 Å². The van der Waals surface area contributed by atoms with E-state index in [0.717, 1.165) is 109 Å². The predicted octanol–water partition coefficient (Wildman–Crippen LogP) is 24.2. The Morgan fingerprint density at radius 1 is 0.259 bits per heavy atom. The van der Waals surface area contributed by atoms with Crippen LogP contribution in [0.1, 0.15) is 355 Å². The summed E-state index contributed by atoms with van der Waals surface area (Å²) in [5.41, 5.74) is 0. The molecule has 0 aromatic rings. The van der Waals surface area contributed by atoms with E-state index in [2.05, 4.69) is 106 Å². The van der Waals surface area contributed by atoms with E-state index in [1.807, 2.05) is 0 Å². The van der Waals surface area contributed by atoms with E-state index in [-0.39, 0.29) is 31.1 Å². The van der Waals surface area contributed by atoms with Gasteiger partial charge in [-0.2, -0.15) is 0 Å². The molecule has 0 aliphatic carbocycles. The molecule has 0 aromatic heterocycles. The normalized spacial score (nSPS) is 12.6. The molecule has 0 saturated heterocycles. The van der Waals surface area contributed by atoms with Gasteiger partial charge in [0.05, 0.1) is 0 Å². The molecule has 0 fully saturated rings. The summed E-state index contributed by atoms with van der Waals surface area (Å²) in [7, 11) is 0. The lowest BCUT2D eigenvalue weighted by molar-refractivity contribution is -0.167. The Morgan fingerprint density at radius 2 is 0.481 bits per heavy atom. The molecule has 0 heterocycles. The second kappa shape index (κ2) is 69.1. The van der Waals surface area contributed by atoms with Gasteiger partial charge in [-0.1, -0.05) is 305 Å². The molecule has 0 aromatic carbocycles. The van der Waals surface area contributed by atoms with Gasteiger partial charge in [-0.05, 0) is 116 Å². The molecular formula is C75H132O6. The minimum absolute atomic E-state index is 0.0840. The van der Waals surface area contributed by atoms with Crippen molar-refractivity contribution in [2.24, 2.45) is 0 Å². The summed E-state index contributed by atoms with van der Waals surface area (Å²) >= 11 is 0. The lowest BCUT2D eigenvalue weighted by atomic mass is 10.0. The Morgan fingerprint density at radius 3 is 0.765 bits per heavy atom. The highest BCUT2D eigenvalue weighted by molar-refractivity contribution is 5.71. The van der Waals surface area contributed by atoms with Gasteiger partial charge in [-0.15, -0.1) is 0 Å². The van der Waals surface area contributed by atoms with Crippen LogP contribution in [0.15, 0.2) is 85.1 Å². The zero-order valence-corrected chi connectivity index (χ0v) is 53.8. The van der Waals surface area contributed by atoms with E-state index < -0.39 is 6.10 Å². The first-order valence-electron chi connectivity index (χ1n) is 35.1. The molecule has 1 atom stereocenters. The maximum atomic E-state index is 13.0. The maximum Gasteiger partial charge on any atom is 0.306 e. The molecule has 0 spiro atoms. The van der Waals surface area contributed by atoms with Crippen molar-refractivity contribution < 1.29 is 28.6 Å². The molecule has 0 bridgehead atoms. The summed E-state index contributed by atoms with van der Waals surface area (Å²) in [5, 5.41) is 0. The molecule has 6 nitrogen and oxygen atoms in total. The van der Waals surface area contributed by atoms with Crippen molar-refractivity contribution in [2.75, 3.05) is 13.2 Å². The molecule has 0 aliphatic heterocycles. The quantitative estimate of drug-likeness (QED) is 0.0261. The Kier molecular flexibility index (Phi) is 66.2. The summed E-state index contributed by atoms with van der Waals surface area (Å²) < 4.78 is 17.0. The van der Waals surface area contributed by atoms with Gasteiger partial charge in [0.1, 0.15) is 13.2 Å². The van der Waals surface area contributed by atoms with Crippen LogP contribution in [0.4, 0.5) is 0 Å². The summed E-state index contributed by atoms with van der Waals surface area (Å²) in [6.45, 7) is 6.55. The second-order valence-electron chi connectivity index (χ2n) is 23.4. The van der Waals surface area contributed by atoms with Crippen LogP contribution in [0.25, 0.3) is 0 Å². The van der Waals surface area contributed by atoms with Crippen LogP contribution in [0.5, 0.6) is 0 Å². The number of carbonyl (C=O) groups excluding carboxylic acids is 3. The van der Waals surface area contributed by atoms with E-state index >= 15 is 0 Å². The average molecular weight is 1130 g/mol. The molecular weight excluding hydrogens is 997 g/mol. The Balaban J connectivity index is 4.37. The maximum absolute atomic E-state index is 13.0. The molecule has 0 N–H and O–H groups in total. The Bertz CT molecular complexity index is 1530. The van der Waals surface area contributed by atoms with Crippen LogP contribution in [0.2, 0.25) is 0 Å². The van der Waals surface area contributed by atoms with Crippen molar-refractivity contribution in [3.8, 4) is 0 Å². The zero-order chi connectivity index (χ0) is 58.5. The lowest BCUT2D eigenvalue weighted by Gasteiger charge is -2.18. The standard InChI is InChI=1S/C75H132O6/c1-4-7-10-13-16-19-22-25-28-31-33-35-36-37-38-40-41-44-47-50-53-56-59-62-65-68-74(77)80-71-72(70-79-73(76)67-64-61-58-55-52-49-46-43-30-27-24-21-18-15-12-9-6-3)81-75(78)69-66-63-60-57-54-51-48-45-42-39-34-32-29-26-23-20-17-14-11-8-5-2/h8,11,17,20,26-27,29-31,33-34,39,45,48,72H,4-7,9-10,12-16,18-19,21-25,28,32,35-38,40-44,46-47,49-71H2,1-3H3/b11-8-,20-17-,29-26-,30-27-,33-31-,39-34-,48-45-. The molecule has 0 rings (SSSR count). The summed E-state index contributed by atoms with van der Waals surface area (Å²) in [4.78, 5) is 38.5. The highest BCUT2D eigenvalue weighted by atomic mass is 16.6. The molecule has 0 amide bonds. The van der Waals surface area contributed by atoms with Gasteiger partial charge in [-0.25, -0.2) is 0 Å². The number of rotatable bonds is 64. The fourth-order valence-corrected chi connectivity index (χ4v) is 10.1. The van der Waals surface area contributed by atoms with Gasteiger partial charge in [0, 0.05) is 19.3 Å². The smallest absolute Gasteiger partial charge is 0.306 e. The van der Waals surface area contributed by atoms with Gasteiger partial charge < -0.3 is 14.2 Å². The topological polar surface area (TPSA) is 78.9 Å². The van der Waals surface area contributed by atoms with Crippen LogP contribution in [-0.2, 0) is 28.6 Å². The SMILES string of the molecule is CC/C=C\C/C=C\C/C=C\C/C=C\C/C=C\CCCCCCCC(=O)OC(COC(=O)CCCCCCCCC/C=C\CCCCCCCC)COC(=O)CCCCCCCCCCCCCCC/C=C\CCCCCCCCCC. The van der Waals surface area contributed by atoms with E-state index in [1.165, 1.54) is 205 Å². The number of allylic oxidation sites excluding steroid dienone is 14. The molecule has 81 heavy (non-hydrogen) atoms. The van der Waals surface area contributed by atoms with Gasteiger partial charge in [0.25, 0.3) is 0 Å². The van der Waals surface area contributed by atoms with Crippen LogP contribution >= 0.6 is 0 Å². The van der Waals surface area contributed by atoms with E-state index in [9.17, 15) is 14.4 Å². The third kappa shape index (κ3) is 67.3. The predicted molar refractivity (Wildman–Crippen MR) is 353 cm³/mol. The van der Waals surface area contributed by atoms with Crippen molar-refractivity contribution in [1.82, 2.24) is 0 Å². The number of carbonyl (C=O) groups is 3. The minimum Gasteiger partial charge on any atom is -0.462 e. The third-order valence-electron chi connectivity index (χ3n) is 15.4. The summed E-state index contributed by atoms with van der Waals surface area (Å²) in [6, 6.07) is 0. The van der Waals surface area contributed by atoms with E-state index in [4.69, 9.17) is 14.2 Å². The fraction of sp³-hybridized carbons (Fsp3) is 0.773. The number of hydrogen-bond acceptors (Lipinski definition) is 6. The average Bonchev–Trinajstić information content (AvgIpc) is 3.47. The van der Waals surface area contributed by atoms with E-state index in [1.54, 1.807) is 0 Å². The first-order chi connectivity index (χ1) is 40.0. The van der Waals surface area contributed by atoms with Crippen molar-refractivity contribution in [2.45, 2.75) is 361 Å². The van der Waals surface area contributed by atoms with Crippen LogP contribution in [0, 0.1) is 0 Å². The molecule has 6 heteroatoms. The third-order valence-corrected chi connectivity index (χ3v) is 15.4. The Hall–Kier alpha value is -3.41. The van der Waals surface area contributed by atoms with Crippen molar-refractivity contribution in [1.29, 1.82) is 0 Å². The van der Waals surface area contributed by atoms with Crippen molar-refractivity contribution in [3.63, 3.8) is 0 Å². The fourth-order valence-electron chi connectivity index (χ4n) is 10.1. The van der Waals surface area contributed by atoms with Gasteiger partial charge in [0.15, 0.2) is 6.10 Å². The monoisotopic (exact) mass is 1130 g/mol. The molecule has 0 saturated carbocycles. The summed E-state index contributed by atoms with van der Waals surface area (Å²) in [6.07, 6.45) is 91.7. The number of esters is 3. The number of hydrogen-bond donors (Lipinski definition) is 0. The van der Waals surface area contributed by atoms with Gasteiger partial charge in [0.2, 0.25) is 0 Å². The highest BCUT2D eigenvalue weighted by Crippen LogP contribution is 2.17. The van der Waals surface area contributed by atoms with Crippen LogP contribution in [-0.4, -0.2) is 37.2 Å². The number of ether oxygens (including phenoxy) is 3. The number of unbranched alkanes of at least 4 members (excludes halogenated alkanes) is 39. The van der Waals surface area contributed by atoms with Crippen LogP contribution in [0.3, 0.4) is 0 Å². The highest BCUT2D eigenvalue weighted by Gasteiger charge is 2.19. The largest absolute Gasteiger partial charge is 0.462 e. The Labute approximate surface area is 503 Å². The minimum atomic E-state index is -0.791. The first kappa shape index (κ1) is 77.6. The van der Waals surface area contributed by atoms with E-state index in [0.29, 0.717) is 19.3 Å². The summed E-state index contributed by atoms with van der Waals surface area (Å²) in [5.74, 6) is -0.890. The van der Waals surface area contributed by atoms with Gasteiger partial charge in [-0.3, -0.25) is 14.4 Å². The van der Waals surface area contributed by atoms with Crippen LogP contribution < -0.4 is 0 Å². The molecule has 468 valence electrons. The molecule has 0 aliphatic rings. The zero-order valence-electron chi connectivity index (χ0n) is 53.8. The molecule has 1 unspecified atom stereocenters. The first-order valence-corrected chi connectivity index (χ1v) is 35.1. The molecule has 0 radical (unpaired) electrons.